The number of carbonyl (C=O) groups excluding carboxylic acids is 1. The maximum atomic E-state index is 10.9. The Morgan fingerprint density at radius 3 is 2.62 bits per heavy atom. The van der Waals surface area contributed by atoms with E-state index in [4.69, 9.17) is 19.3 Å². The van der Waals surface area contributed by atoms with E-state index in [0.29, 0.717) is 6.29 Å². The Balaban J connectivity index is 2.79. The molecular formula is C10H16O6. The molecule has 0 spiro atoms. The minimum atomic E-state index is -1.12. The Morgan fingerprint density at radius 2 is 2.19 bits per heavy atom. The number of ether oxygens (including phenoxy) is 3. The van der Waals surface area contributed by atoms with Crippen molar-refractivity contribution in [2.24, 2.45) is 0 Å². The molecule has 1 fully saturated rings. The summed E-state index contributed by atoms with van der Waals surface area (Å²) in [6.07, 6.45) is -1.62. The van der Waals surface area contributed by atoms with Gasteiger partial charge >= 0.3 is 5.97 Å². The number of carboxylic acids is 1. The van der Waals surface area contributed by atoms with Gasteiger partial charge in [-0.15, -0.1) is 0 Å². The number of hydrogen-bond acceptors (Lipinski definition) is 5. The predicted octanol–water partition coefficient (Wildman–Crippen LogP) is 0.195. The summed E-state index contributed by atoms with van der Waals surface area (Å²) >= 11 is 0. The van der Waals surface area contributed by atoms with Gasteiger partial charge in [-0.3, -0.25) is 0 Å². The van der Waals surface area contributed by atoms with Crippen molar-refractivity contribution < 1.29 is 28.9 Å². The molecule has 6 nitrogen and oxygen atoms in total. The van der Waals surface area contributed by atoms with Gasteiger partial charge in [0, 0.05) is 13.5 Å². The predicted molar refractivity (Wildman–Crippen MR) is 52.9 cm³/mol. The Kier molecular flexibility index (Phi) is 4.01. The fourth-order valence-electron chi connectivity index (χ4n) is 1.76. The summed E-state index contributed by atoms with van der Waals surface area (Å²) in [6, 6.07) is 0. The molecule has 1 N–H and O–H groups in total. The first kappa shape index (κ1) is 13.1. The fraction of sp³-hybridized carbons (Fsp3) is 0.800. The van der Waals surface area contributed by atoms with Gasteiger partial charge in [0.1, 0.15) is 18.5 Å². The van der Waals surface area contributed by atoms with Crippen molar-refractivity contribution in [3.63, 3.8) is 0 Å². The van der Waals surface area contributed by atoms with Crippen LogP contribution in [0.25, 0.3) is 0 Å². The normalized spacial score (nSPS) is 30.7. The number of carboxylic acid groups (broad SMARTS) is 1. The van der Waals surface area contributed by atoms with Crippen molar-refractivity contribution in [1.82, 2.24) is 0 Å². The largest absolute Gasteiger partial charge is 0.479 e. The third-order valence-corrected chi connectivity index (χ3v) is 2.32. The van der Waals surface area contributed by atoms with Gasteiger partial charge in [-0.1, -0.05) is 0 Å². The Morgan fingerprint density at radius 1 is 1.56 bits per heavy atom. The monoisotopic (exact) mass is 232 g/mol. The third-order valence-electron chi connectivity index (χ3n) is 2.32. The molecule has 0 radical (unpaired) electrons. The molecule has 0 aromatic carbocycles. The van der Waals surface area contributed by atoms with Crippen LogP contribution < -0.4 is 0 Å². The average molecular weight is 232 g/mol. The van der Waals surface area contributed by atoms with Crippen LogP contribution in [0.4, 0.5) is 0 Å². The first-order chi connectivity index (χ1) is 7.39. The van der Waals surface area contributed by atoms with E-state index in [9.17, 15) is 9.59 Å². The molecule has 0 aliphatic carbocycles. The zero-order valence-electron chi connectivity index (χ0n) is 9.50. The Labute approximate surface area is 93.5 Å². The lowest BCUT2D eigenvalue weighted by Crippen LogP contribution is -2.51. The van der Waals surface area contributed by atoms with E-state index in [-0.39, 0.29) is 6.42 Å². The molecular weight excluding hydrogens is 216 g/mol. The Hall–Kier alpha value is -0.980. The number of aliphatic carboxylic acids is 1. The first-order valence-corrected chi connectivity index (χ1v) is 4.96. The second kappa shape index (κ2) is 4.90. The molecule has 0 unspecified atom stereocenters. The van der Waals surface area contributed by atoms with Crippen LogP contribution in [0.5, 0.6) is 0 Å². The molecule has 0 amide bonds. The smallest absolute Gasteiger partial charge is 0.335 e. The molecule has 92 valence electrons. The van der Waals surface area contributed by atoms with Crippen molar-refractivity contribution in [3.05, 3.63) is 0 Å². The van der Waals surface area contributed by atoms with E-state index >= 15 is 0 Å². The summed E-state index contributed by atoms with van der Waals surface area (Å²) in [4.78, 5) is 21.6. The molecule has 0 saturated carbocycles. The summed E-state index contributed by atoms with van der Waals surface area (Å²) in [5.74, 6) is -2.10. The van der Waals surface area contributed by atoms with Gasteiger partial charge in [-0.05, 0) is 13.8 Å². The van der Waals surface area contributed by atoms with Crippen molar-refractivity contribution in [1.29, 1.82) is 0 Å². The SMILES string of the molecule is CO[C@@H](C(=O)O)[C@H]1C[C@@H](C=O)OC(C)(C)O1. The van der Waals surface area contributed by atoms with Crippen LogP contribution in [0.3, 0.4) is 0 Å². The third kappa shape index (κ3) is 3.01. The molecule has 1 aliphatic rings. The van der Waals surface area contributed by atoms with Crippen LogP contribution in [-0.4, -0.2) is 48.6 Å². The molecule has 1 aliphatic heterocycles. The number of aldehydes is 1. The summed E-state index contributed by atoms with van der Waals surface area (Å²) in [5, 5.41) is 8.92. The number of methoxy groups -OCH3 is 1. The standard InChI is InChI=1S/C10H16O6/c1-10(2)15-6(5-11)4-7(16-10)8(14-3)9(12)13/h5-8H,4H2,1-3H3,(H,12,13)/t6-,7+,8+/m0/s1. The van der Waals surface area contributed by atoms with E-state index in [2.05, 4.69) is 0 Å². The highest BCUT2D eigenvalue weighted by Gasteiger charge is 2.41. The number of rotatable bonds is 4. The maximum absolute atomic E-state index is 10.9. The molecule has 3 atom stereocenters. The highest BCUT2D eigenvalue weighted by Crippen LogP contribution is 2.28. The second-order valence-electron chi connectivity index (χ2n) is 4.08. The summed E-state index contributed by atoms with van der Waals surface area (Å²) in [6.45, 7) is 3.26. The molecule has 16 heavy (non-hydrogen) atoms. The van der Waals surface area contributed by atoms with Crippen LogP contribution in [0, 0.1) is 0 Å². The summed E-state index contributed by atoms with van der Waals surface area (Å²) < 4.78 is 15.6. The number of hydrogen-bond donors (Lipinski definition) is 1. The van der Waals surface area contributed by atoms with E-state index < -0.39 is 30.1 Å². The minimum absolute atomic E-state index is 0.178. The molecule has 0 aromatic heterocycles. The van der Waals surface area contributed by atoms with Gasteiger partial charge in [-0.25, -0.2) is 4.79 Å². The highest BCUT2D eigenvalue weighted by molar-refractivity contribution is 5.73. The van der Waals surface area contributed by atoms with E-state index in [1.165, 1.54) is 7.11 Å². The lowest BCUT2D eigenvalue weighted by Gasteiger charge is -2.40. The lowest BCUT2D eigenvalue weighted by atomic mass is 10.0. The van der Waals surface area contributed by atoms with Crippen LogP contribution in [-0.2, 0) is 23.8 Å². The van der Waals surface area contributed by atoms with E-state index in [1.54, 1.807) is 13.8 Å². The molecule has 1 saturated heterocycles. The van der Waals surface area contributed by atoms with Gasteiger partial charge < -0.3 is 24.1 Å². The van der Waals surface area contributed by atoms with Gasteiger partial charge in [0.25, 0.3) is 0 Å². The van der Waals surface area contributed by atoms with E-state index in [1.807, 2.05) is 0 Å². The zero-order valence-corrected chi connectivity index (χ0v) is 9.50. The number of carbonyl (C=O) groups is 2. The lowest BCUT2D eigenvalue weighted by molar-refractivity contribution is -0.304. The van der Waals surface area contributed by atoms with Gasteiger partial charge in [0.05, 0.1) is 0 Å². The maximum Gasteiger partial charge on any atom is 0.335 e. The molecule has 1 rings (SSSR count). The Bertz CT molecular complexity index is 274. The van der Waals surface area contributed by atoms with Crippen molar-refractivity contribution in [2.45, 2.75) is 44.4 Å². The minimum Gasteiger partial charge on any atom is -0.479 e. The summed E-state index contributed by atoms with van der Waals surface area (Å²) in [7, 11) is 1.29. The average Bonchev–Trinajstić information content (AvgIpc) is 2.15. The van der Waals surface area contributed by atoms with Crippen LogP contribution in [0.1, 0.15) is 20.3 Å². The van der Waals surface area contributed by atoms with E-state index in [0.717, 1.165) is 0 Å². The molecule has 6 heteroatoms. The highest BCUT2D eigenvalue weighted by atomic mass is 16.7. The van der Waals surface area contributed by atoms with Crippen LogP contribution in [0.2, 0.25) is 0 Å². The zero-order chi connectivity index (χ0) is 12.3. The summed E-state index contributed by atoms with van der Waals surface area (Å²) in [5.41, 5.74) is 0. The fourth-order valence-corrected chi connectivity index (χ4v) is 1.76. The molecule has 0 aromatic rings. The molecule has 0 bridgehead atoms. The topological polar surface area (TPSA) is 82.1 Å². The van der Waals surface area contributed by atoms with Gasteiger partial charge in [0.2, 0.25) is 0 Å². The van der Waals surface area contributed by atoms with Crippen molar-refractivity contribution in [3.8, 4) is 0 Å². The van der Waals surface area contributed by atoms with Crippen molar-refractivity contribution >= 4 is 12.3 Å². The van der Waals surface area contributed by atoms with Gasteiger partial charge in [-0.2, -0.15) is 0 Å². The van der Waals surface area contributed by atoms with Gasteiger partial charge in [0.15, 0.2) is 11.9 Å². The first-order valence-electron chi connectivity index (χ1n) is 4.96. The van der Waals surface area contributed by atoms with Crippen molar-refractivity contribution in [2.75, 3.05) is 7.11 Å². The van der Waals surface area contributed by atoms with Crippen LogP contribution >= 0.6 is 0 Å². The van der Waals surface area contributed by atoms with Crippen LogP contribution in [0.15, 0.2) is 0 Å². The molecule has 1 heterocycles. The second-order valence-corrected chi connectivity index (χ2v) is 4.08. The quantitative estimate of drug-likeness (QED) is 0.697.